The molecule has 0 spiro atoms. The molecule has 0 bridgehead atoms. The molecule has 0 aromatic heterocycles. The Morgan fingerprint density at radius 1 is 0.786 bits per heavy atom. The zero-order valence-electron chi connectivity index (χ0n) is 34.1. The van der Waals surface area contributed by atoms with Crippen LogP contribution in [0.3, 0.4) is 0 Å². The Kier molecular flexibility index (Phi) is 15.4. The van der Waals surface area contributed by atoms with Crippen LogP contribution in [0.2, 0.25) is 0 Å². The van der Waals surface area contributed by atoms with E-state index in [9.17, 15) is 24.0 Å². The molecule has 0 unspecified atom stereocenters. The zero-order chi connectivity index (χ0) is 41.2. The van der Waals surface area contributed by atoms with E-state index in [0.717, 1.165) is 41.7 Å². The van der Waals surface area contributed by atoms with Gasteiger partial charge in [-0.1, -0.05) is 67.4 Å². The molecule has 2 amide bonds. The van der Waals surface area contributed by atoms with Gasteiger partial charge in [0.2, 0.25) is 0 Å². The lowest BCUT2D eigenvalue weighted by Gasteiger charge is -2.34. The molecule has 1 saturated heterocycles. The summed E-state index contributed by atoms with van der Waals surface area (Å²) < 4.78 is 43.1. The van der Waals surface area contributed by atoms with E-state index in [0.29, 0.717) is 24.7 Å². The highest BCUT2D eigenvalue weighted by molar-refractivity contribution is 5.90. The van der Waals surface area contributed by atoms with E-state index in [1.54, 1.807) is 32.9 Å². The second-order valence-corrected chi connectivity index (χ2v) is 16.6. The highest BCUT2D eigenvalue weighted by Crippen LogP contribution is 2.35. The Morgan fingerprint density at radius 3 is 1.96 bits per heavy atom. The number of amides is 2. The number of benzene rings is 2. The van der Waals surface area contributed by atoms with Crippen LogP contribution in [0.5, 0.6) is 0 Å². The Balaban J connectivity index is 1.58. The summed E-state index contributed by atoms with van der Waals surface area (Å²) >= 11 is 0. The number of rotatable bonds is 17. The van der Waals surface area contributed by atoms with E-state index < -0.39 is 71.9 Å². The molecule has 4 rings (SSSR count). The van der Waals surface area contributed by atoms with Gasteiger partial charge in [0, 0.05) is 40.2 Å². The van der Waals surface area contributed by atoms with Crippen molar-refractivity contribution >= 4 is 29.9 Å². The van der Waals surface area contributed by atoms with E-state index in [2.05, 4.69) is 0 Å². The van der Waals surface area contributed by atoms with Crippen molar-refractivity contribution in [1.82, 2.24) is 9.80 Å². The summed E-state index contributed by atoms with van der Waals surface area (Å²) in [5.74, 6) is -2.77. The van der Waals surface area contributed by atoms with Crippen molar-refractivity contribution in [3.05, 3.63) is 71.3 Å². The molecule has 4 atom stereocenters. The number of esters is 3. The first-order chi connectivity index (χ1) is 26.3. The van der Waals surface area contributed by atoms with Gasteiger partial charge >= 0.3 is 24.0 Å². The lowest BCUT2D eigenvalue weighted by molar-refractivity contribution is -0.174. The molecule has 2 aromatic carbocycles. The monoisotopic (exact) mass is 782 g/mol. The van der Waals surface area contributed by atoms with E-state index in [1.807, 2.05) is 42.5 Å². The van der Waals surface area contributed by atoms with Crippen molar-refractivity contribution in [1.29, 1.82) is 0 Å². The van der Waals surface area contributed by atoms with Gasteiger partial charge in [-0.15, -0.1) is 0 Å². The third-order valence-electron chi connectivity index (χ3n) is 9.92. The minimum Gasteiger partial charge on any atom is -0.458 e. The summed E-state index contributed by atoms with van der Waals surface area (Å²) in [4.78, 5) is 70.3. The van der Waals surface area contributed by atoms with Gasteiger partial charge in [-0.3, -0.25) is 9.69 Å². The van der Waals surface area contributed by atoms with Crippen molar-refractivity contribution < 1.29 is 52.0 Å². The van der Waals surface area contributed by atoms with Gasteiger partial charge in [-0.2, -0.15) is 0 Å². The summed E-state index contributed by atoms with van der Waals surface area (Å²) in [5.41, 5.74) is -0.232. The number of carbonyl (C=O) groups is 5. The Hall–Kier alpha value is -4.52. The maximum Gasteiger partial charge on any atom is 0.410 e. The normalized spacial score (nSPS) is 17.1. The molecule has 308 valence electrons. The molecule has 2 aliphatic rings. The minimum absolute atomic E-state index is 0.00173. The molecular formula is C43H59FN2O10. The number of hydrogen-bond acceptors (Lipinski definition) is 10. The van der Waals surface area contributed by atoms with Crippen LogP contribution < -0.4 is 0 Å². The molecule has 12 nitrogen and oxygen atoms in total. The van der Waals surface area contributed by atoms with Crippen LogP contribution >= 0.6 is 0 Å². The highest BCUT2D eigenvalue weighted by Gasteiger charge is 2.42. The number of nitrogens with zero attached hydrogens (tertiary/aromatic N) is 2. The van der Waals surface area contributed by atoms with Crippen molar-refractivity contribution in [2.24, 2.45) is 5.92 Å². The quantitative estimate of drug-likeness (QED) is 0.126. The van der Waals surface area contributed by atoms with Crippen molar-refractivity contribution in [2.45, 2.75) is 135 Å². The first-order valence-electron chi connectivity index (χ1n) is 19.5. The molecule has 1 aliphatic carbocycles. The predicted molar refractivity (Wildman–Crippen MR) is 206 cm³/mol. The number of halogens is 1. The van der Waals surface area contributed by atoms with Crippen molar-refractivity contribution in [2.75, 3.05) is 27.3 Å². The summed E-state index contributed by atoms with van der Waals surface area (Å²) in [6.07, 6.45) is -0.334. The van der Waals surface area contributed by atoms with Crippen LogP contribution in [0, 0.1) is 5.92 Å². The minimum atomic E-state index is -1.91. The molecule has 56 heavy (non-hydrogen) atoms. The van der Waals surface area contributed by atoms with Gasteiger partial charge in [0.1, 0.15) is 30.0 Å². The van der Waals surface area contributed by atoms with Crippen LogP contribution in [0.15, 0.2) is 54.6 Å². The summed E-state index contributed by atoms with van der Waals surface area (Å²) in [5, 5.41) is 0. The molecule has 13 heteroatoms. The first kappa shape index (κ1) is 44.2. The Labute approximate surface area is 330 Å². The number of hydrogen-bond donors (Lipinski definition) is 0. The van der Waals surface area contributed by atoms with Crippen LogP contribution in [0.1, 0.15) is 103 Å². The maximum atomic E-state index is 15.2. The van der Waals surface area contributed by atoms with Gasteiger partial charge in [0.25, 0.3) is 5.91 Å². The average molecular weight is 783 g/mol. The standard InChI is InChI=1S/C43H59FN2O10/c1-28(38(48)53-27-31-12-10-9-11-13-31)54-39(49)34(24-29-14-15-29)45(7)37(47)36(25-30-16-18-32(19-17-30)33-20-22-52-23-21-33)55-40(50)35(26-43(5,6)44)46(8)41(51)56-42(2,3)4/h9-13,16-19,28-29,33-36H,14-15,20-27H2,1-8H3/t28-,34+,35+,36-/m1/s1. The van der Waals surface area contributed by atoms with Crippen LogP contribution in [0.4, 0.5) is 9.18 Å². The third kappa shape index (κ3) is 13.9. The first-order valence-corrected chi connectivity index (χ1v) is 19.5. The topological polar surface area (TPSA) is 138 Å². The molecule has 2 aromatic rings. The Bertz CT molecular complexity index is 1630. The maximum absolute atomic E-state index is 15.2. The van der Waals surface area contributed by atoms with Crippen molar-refractivity contribution in [3.63, 3.8) is 0 Å². The number of likely N-dealkylation sites (N-methyl/N-ethyl adjacent to an activating group) is 2. The van der Waals surface area contributed by atoms with Gasteiger partial charge in [0.05, 0.1) is 0 Å². The second-order valence-electron chi connectivity index (χ2n) is 16.6. The smallest absolute Gasteiger partial charge is 0.410 e. The lowest BCUT2D eigenvalue weighted by atomic mass is 9.90. The van der Waals surface area contributed by atoms with Crippen molar-refractivity contribution in [3.8, 4) is 0 Å². The van der Waals surface area contributed by atoms with Crippen LogP contribution in [-0.4, -0.2) is 103 Å². The molecule has 1 heterocycles. The summed E-state index contributed by atoms with van der Waals surface area (Å²) in [6, 6.07) is 14.2. The van der Waals surface area contributed by atoms with Crippen LogP contribution in [-0.2, 0) is 55.9 Å². The number of ether oxygens (including phenoxy) is 5. The van der Waals surface area contributed by atoms with Crippen LogP contribution in [0.25, 0.3) is 0 Å². The zero-order valence-corrected chi connectivity index (χ0v) is 34.1. The molecule has 2 fully saturated rings. The Morgan fingerprint density at radius 2 is 1.39 bits per heavy atom. The summed E-state index contributed by atoms with van der Waals surface area (Å²) in [7, 11) is 2.75. The average Bonchev–Trinajstić information content (AvgIpc) is 3.98. The number of alkyl halides is 1. The second kappa shape index (κ2) is 19.6. The molecule has 1 saturated carbocycles. The lowest BCUT2D eigenvalue weighted by Crippen LogP contribution is -2.52. The fourth-order valence-corrected chi connectivity index (χ4v) is 6.48. The fraction of sp³-hybridized carbons (Fsp3) is 0.605. The SMILES string of the molecule is C[C@@H](OC(=O)[C@H](CC1CC1)N(C)C(=O)[C@@H](Cc1ccc(C2CCOCC2)cc1)OC(=O)[C@H](CC(C)(C)F)N(C)C(=O)OC(C)(C)C)C(=O)OCc1ccccc1. The number of carbonyl (C=O) groups excluding carboxylic acids is 5. The van der Waals surface area contributed by atoms with E-state index >= 15 is 4.39 Å². The molecular weight excluding hydrogens is 723 g/mol. The fourth-order valence-electron chi connectivity index (χ4n) is 6.48. The molecule has 0 N–H and O–H groups in total. The van der Waals surface area contributed by atoms with Gasteiger partial charge in [0.15, 0.2) is 12.2 Å². The van der Waals surface area contributed by atoms with Gasteiger partial charge < -0.3 is 28.6 Å². The van der Waals surface area contributed by atoms with Gasteiger partial charge in [-0.05, 0) is 89.3 Å². The molecule has 0 radical (unpaired) electrons. The van der Waals surface area contributed by atoms with Gasteiger partial charge in [-0.25, -0.2) is 23.6 Å². The summed E-state index contributed by atoms with van der Waals surface area (Å²) in [6.45, 7) is 10.3. The highest BCUT2D eigenvalue weighted by atomic mass is 19.1. The van der Waals surface area contributed by atoms with E-state index in [1.165, 1.54) is 39.8 Å². The molecule has 1 aliphatic heterocycles. The largest absolute Gasteiger partial charge is 0.458 e. The van der Waals surface area contributed by atoms with E-state index in [4.69, 9.17) is 23.7 Å². The van der Waals surface area contributed by atoms with E-state index in [-0.39, 0.29) is 25.4 Å². The third-order valence-corrected chi connectivity index (χ3v) is 9.92. The predicted octanol–water partition coefficient (Wildman–Crippen LogP) is 6.71.